The van der Waals surface area contributed by atoms with E-state index in [1.165, 1.54) is 0 Å². The van der Waals surface area contributed by atoms with Gasteiger partial charge in [0.05, 0.1) is 6.42 Å². The number of carbonyl (C=O) groups is 2. The van der Waals surface area contributed by atoms with Crippen LogP contribution in [-0.2, 0) is 11.2 Å². The minimum Gasteiger partial charge on any atom is -0.351 e. The van der Waals surface area contributed by atoms with Crippen molar-refractivity contribution in [1.82, 2.24) is 14.8 Å². The van der Waals surface area contributed by atoms with Crippen LogP contribution in [0.3, 0.4) is 0 Å². The first-order valence-electron chi connectivity index (χ1n) is 7.79. The number of nitrogens with zero attached hydrogens (tertiary/aromatic N) is 3. The lowest BCUT2D eigenvalue weighted by Gasteiger charge is -2.39. The number of likely N-dealkylation sites (tertiary alicyclic amines) is 2. The van der Waals surface area contributed by atoms with Crippen molar-refractivity contribution in [3.05, 3.63) is 30.1 Å². The number of piperidine rings is 1. The molecule has 1 spiro atoms. The van der Waals surface area contributed by atoms with Crippen LogP contribution in [0.25, 0.3) is 0 Å². The van der Waals surface area contributed by atoms with Gasteiger partial charge in [0.15, 0.2) is 0 Å². The van der Waals surface area contributed by atoms with Gasteiger partial charge < -0.3 is 15.5 Å². The summed E-state index contributed by atoms with van der Waals surface area (Å²) in [5.74, 6) is 0.160. The minimum absolute atomic E-state index is 0.160. The van der Waals surface area contributed by atoms with E-state index in [1.807, 2.05) is 17.0 Å². The maximum absolute atomic E-state index is 12.4. The van der Waals surface area contributed by atoms with Gasteiger partial charge in [-0.15, -0.1) is 0 Å². The standard InChI is InChI=1S/C16H22N4O2/c17-15(22)20-9-5-16(12-20)3-7-19(8-4-16)14(21)10-13-2-1-6-18-11-13/h1-2,6,11H,3-5,7-10,12H2,(H2,17,22). The number of aromatic nitrogens is 1. The van der Waals surface area contributed by atoms with Crippen LogP contribution >= 0.6 is 0 Å². The Morgan fingerprint density at radius 2 is 1.86 bits per heavy atom. The summed E-state index contributed by atoms with van der Waals surface area (Å²) in [7, 11) is 0. The second kappa shape index (κ2) is 5.94. The molecule has 3 rings (SSSR count). The predicted molar refractivity (Wildman–Crippen MR) is 82.0 cm³/mol. The second-order valence-electron chi connectivity index (χ2n) is 6.43. The lowest BCUT2D eigenvalue weighted by molar-refractivity contribution is -0.132. The SMILES string of the molecule is NC(=O)N1CCC2(CCN(C(=O)Cc3cccnc3)CC2)C1. The van der Waals surface area contributed by atoms with Crippen LogP contribution in [0.1, 0.15) is 24.8 Å². The van der Waals surface area contributed by atoms with E-state index in [9.17, 15) is 9.59 Å². The summed E-state index contributed by atoms with van der Waals surface area (Å²) >= 11 is 0. The first-order chi connectivity index (χ1) is 10.6. The topological polar surface area (TPSA) is 79.5 Å². The van der Waals surface area contributed by atoms with Gasteiger partial charge in [0.25, 0.3) is 0 Å². The van der Waals surface area contributed by atoms with Crippen molar-refractivity contribution in [2.45, 2.75) is 25.7 Å². The third-order valence-corrected chi connectivity index (χ3v) is 5.00. The molecule has 118 valence electrons. The van der Waals surface area contributed by atoms with Crippen LogP contribution in [-0.4, -0.2) is 52.9 Å². The van der Waals surface area contributed by atoms with Gasteiger partial charge in [0.2, 0.25) is 5.91 Å². The number of nitrogens with two attached hydrogens (primary N) is 1. The monoisotopic (exact) mass is 302 g/mol. The Hall–Kier alpha value is -2.11. The molecule has 6 nitrogen and oxygen atoms in total. The summed E-state index contributed by atoms with van der Waals surface area (Å²) in [5, 5.41) is 0. The number of hydrogen-bond donors (Lipinski definition) is 1. The molecule has 1 aromatic heterocycles. The molecule has 2 fully saturated rings. The summed E-state index contributed by atoms with van der Waals surface area (Å²) in [4.78, 5) is 31.3. The van der Waals surface area contributed by atoms with E-state index >= 15 is 0 Å². The predicted octanol–water partition coefficient (Wildman–Crippen LogP) is 1.02. The third kappa shape index (κ3) is 3.05. The van der Waals surface area contributed by atoms with E-state index in [0.29, 0.717) is 6.42 Å². The maximum Gasteiger partial charge on any atom is 0.314 e. The van der Waals surface area contributed by atoms with Gasteiger partial charge in [0.1, 0.15) is 0 Å². The fourth-order valence-electron chi connectivity index (χ4n) is 3.55. The van der Waals surface area contributed by atoms with E-state index in [2.05, 4.69) is 4.98 Å². The van der Waals surface area contributed by atoms with Crippen LogP contribution in [0.5, 0.6) is 0 Å². The van der Waals surface area contributed by atoms with Crippen molar-refractivity contribution < 1.29 is 9.59 Å². The Morgan fingerprint density at radius 3 is 2.41 bits per heavy atom. The quantitative estimate of drug-likeness (QED) is 0.885. The van der Waals surface area contributed by atoms with Crippen molar-refractivity contribution in [2.24, 2.45) is 11.1 Å². The molecule has 0 radical (unpaired) electrons. The third-order valence-electron chi connectivity index (χ3n) is 5.00. The highest BCUT2D eigenvalue weighted by molar-refractivity contribution is 5.78. The van der Waals surface area contributed by atoms with Crippen LogP contribution in [0.2, 0.25) is 0 Å². The number of pyridine rings is 1. The largest absolute Gasteiger partial charge is 0.351 e. The van der Waals surface area contributed by atoms with Crippen molar-refractivity contribution in [3.63, 3.8) is 0 Å². The summed E-state index contributed by atoms with van der Waals surface area (Å²) in [6, 6.07) is 3.45. The number of amides is 3. The van der Waals surface area contributed by atoms with Crippen molar-refractivity contribution >= 4 is 11.9 Å². The molecule has 1 aromatic rings. The van der Waals surface area contributed by atoms with Crippen molar-refractivity contribution in [2.75, 3.05) is 26.2 Å². The molecule has 6 heteroatoms. The average Bonchev–Trinajstić information content (AvgIpc) is 2.93. The highest BCUT2D eigenvalue weighted by atomic mass is 16.2. The van der Waals surface area contributed by atoms with E-state index in [4.69, 9.17) is 5.73 Å². The maximum atomic E-state index is 12.4. The van der Waals surface area contributed by atoms with E-state index in [-0.39, 0.29) is 17.4 Å². The highest BCUT2D eigenvalue weighted by Gasteiger charge is 2.42. The number of primary amides is 1. The minimum atomic E-state index is -0.327. The van der Waals surface area contributed by atoms with Gasteiger partial charge in [-0.1, -0.05) is 6.07 Å². The number of hydrogen-bond acceptors (Lipinski definition) is 3. The average molecular weight is 302 g/mol. The highest BCUT2D eigenvalue weighted by Crippen LogP contribution is 2.40. The molecule has 2 aliphatic rings. The molecular weight excluding hydrogens is 280 g/mol. The van der Waals surface area contributed by atoms with E-state index in [1.54, 1.807) is 17.3 Å². The molecule has 2 saturated heterocycles. The van der Waals surface area contributed by atoms with Gasteiger partial charge in [-0.2, -0.15) is 0 Å². The first-order valence-corrected chi connectivity index (χ1v) is 7.79. The number of rotatable bonds is 2. The molecule has 0 atom stereocenters. The fourth-order valence-corrected chi connectivity index (χ4v) is 3.55. The van der Waals surface area contributed by atoms with Crippen LogP contribution in [0, 0.1) is 5.41 Å². The normalized spacial score (nSPS) is 20.4. The Morgan fingerprint density at radius 1 is 1.18 bits per heavy atom. The Labute approximate surface area is 130 Å². The van der Waals surface area contributed by atoms with Gasteiger partial charge in [-0.25, -0.2) is 4.79 Å². The zero-order chi connectivity index (χ0) is 15.6. The molecule has 3 heterocycles. The Bertz CT molecular complexity index is 553. The van der Waals surface area contributed by atoms with Crippen LogP contribution in [0.4, 0.5) is 4.79 Å². The molecular formula is C16H22N4O2. The molecule has 2 aliphatic heterocycles. The van der Waals surface area contributed by atoms with Crippen LogP contribution in [0.15, 0.2) is 24.5 Å². The lowest BCUT2D eigenvalue weighted by Crippen LogP contribution is -2.45. The van der Waals surface area contributed by atoms with Crippen molar-refractivity contribution in [1.29, 1.82) is 0 Å². The summed E-state index contributed by atoms with van der Waals surface area (Å²) in [5.41, 5.74) is 6.48. The summed E-state index contributed by atoms with van der Waals surface area (Å²) < 4.78 is 0. The van der Waals surface area contributed by atoms with Gasteiger partial charge >= 0.3 is 6.03 Å². The molecule has 0 bridgehead atoms. The summed E-state index contributed by atoms with van der Waals surface area (Å²) in [6.07, 6.45) is 6.77. The van der Waals surface area contributed by atoms with Gasteiger partial charge in [-0.05, 0) is 36.3 Å². The molecule has 2 N–H and O–H groups in total. The Kier molecular flexibility index (Phi) is 4.00. The zero-order valence-electron chi connectivity index (χ0n) is 12.7. The Balaban J connectivity index is 1.54. The first kappa shape index (κ1) is 14.8. The molecule has 0 aliphatic carbocycles. The molecule has 0 aromatic carbocycles. The fraction of sp³-hybridized carbons (Fsp3) is 0.562. The number of carbonyl (C=O) groups excluding carboxylic acids is 2. The van der Waals surface area contributed by atoms with Crippen molar-refractivity contribution in [3.8, 4) is 0 Å². The van der Waals surface area contributed by atoms with E-state index in [0.717, 1.165) is 51.0 Å². The lowest BCUT2D eigenvalue weighted by atomic mass is 9.77. The second-order valence-corrected chi connectivity index (χ2v) is 6.43. The molecule has 0 saturated carbocycles. The molecule has 0 unspecified atom stereocenters. The zero-order valence-corrected chi connectivity index (χ0v) is 12.7. The molecule has 3 amide bonds. The van der Waals surface area contributed by atoms with Gasteiger partial charge in [-0.3, -0.25) is 9.78 Å². The van der Waals surface area contributed by atoms with Crippen LogP contribution < -0.4 is 5.73 Å². The smallest absolute Gasteiger partial charge is 0.314 e. The molecule has 22 heavy (non-hydrogen) atoms. The summed E-state index contributed by atoms with van der Waals surface area (Å²) in [6.45, 7) is 3.03. The number of urea groups is 1. The van der Waals surface area contributed by atoms with E-state index < -0.39 is 0 Å². The van der Waals surface area contributed by atoms with Gasteiger partial charge in [0, 0.05) is 38.6 Å².